The van der Waals surface area contributed by atoms with Gasteiger partial charge in [0.1, 0.15) is 5.56 Å². The van der Waals surface area contributed by atoms with Crippen LogP contribution in [0.2, 0.25) is 0 Å². The summed E-state index contributed by atoms with van der Waals surface area (Å²) in [5, 5.41) is 2.82. The average Bonchev–Trinajstić information content (AvgIpc) is 3.26. The molecule has 1 N–H and O–H groups in total. The molecule has 7 heteroatoms. The second-order valence-electron chi connectivity index (χ2n) is 8.42. The van der Waals surface area contributed by atoms with Gasteiger partial charge in [0.05, 0.1) is 11.2 Å². The van der Waals surface area contributed by atoms with Gasteiger partial charge in [-0.05, 0) is 55.0 Å². The normalized spacial score (nSPS) is 19.3. The van der Waals surface area contributed by atoms with Crippen LogP contribution in [0.5, 0.6) is 0 Å². The largest absolute Gasteiger partial charge is 0.335 e. The molecule has 1 aromatic heterocycles. The van der Waals surface area contributed by atoms with E-state index in [1.165, 1.54) is 11.1 Å². The van der Waals surface area contributed by atoms with Gasteiger partial charge in [0, 0.05) is 32.9 Å². The molecule has 3 amide bonds. The van der Waals surface area contributed by atoms with Crippen molar-refractivity contribution in [3.63, 3.8) is 0 Å². The van der Waals surface area contributed by atoms with Gasteiger partial charge in [-0.15, -0.1) is 0 Å². The van der Waals surface area contributed by atoms with Crippen molar-refractivity contribution in [3.05, 3.63) is 63.1 Å². The second-order valence-corrected chi connectivity index (χ2v) is 8.42. The van der Waals surface area contributed by atoms with Gasteiger partial charge in [0.25, 0.3) is 11.5 Å². The van der Waals surface area contributed by atoms with Crippen molar-refractivity contribution in [2.45, 2.75) is 31.7 Å². The molecule has 2 aromatic rings. The van der Waals surface area contributed by atoms with E-state index in [1.54, 1.807) is 34.5 Å². The Labute approximate surface area is 168 Å². The Bertz CT molecular complexity index is 1100. The number of aromatic nitrogens is 1. The summed E-state index contributed by atoms with van der Waals surface area (Å²) in [7, 11) is 1.75. The number of carbonyl (C=O) groups is 2. The standard InChI is InChI=1S/C22H24N4O3/c1-14-9-10-26(17-8-4-6-15-5-3-7-16(15)17)20(28)18(14)19(27)25-12-22(13-25)11-23-21(29)24(22)2/h4,6,8-10H,3,5,7,11-13H2,1-2H3,(H,23,29). The van der Waals surface area contributed by atoms with E-state index in [0.717, 1.165) is 24.9 Å². The van der Waals surface area contributed by atoms with Crippen LogP contribution in [0.4, 0.5) is 4.79 Å². The van der Waals surface area contributed by atoms with Crippen LogP contribution in [-0.2, 0) is 12.8 Å². The third kappa shape index (κ3) is 2.53. The number of hydrogen-bond acceptors (Lipinski definition) is 3. The Kier molecular flexibility index (Phi) is 3.84. The van der Waals surface area contributed by atoms with Crippen molar-refractivity contribution in [1.29, 1.82) is 0 Å². The Morgan fingerprint density at radius 3 is 2.66 bits per heavy atom. The van der Waals surface area contributed by atoms with E-state index in [0.29, 0.717) is 25.2 Å². The first kappa shape index (κ1) is 18.0. The number of rotatable bonds is 2. The number of benzene rings is 1. The lowest BCUT2D eigenvalue weighted by molar-refractivity contribution is 0.00756. The Hall–Kier alpha value is -3.09. The summed E-state index contributed by atoms with van der Waals surface area (Å²) in [5.74, 6) is -0.257. The van der Waals surface area contributed by atoms with Crippen molar-refractivity contribution in [2.24, 2.45) is 0 Å². The van der Waals surface area contributed by atoms with Crippen LogP contribution in [0.25, 0.3) is 5.69 Å². The predicted molar refractivity (Wildman–Crippen MR) is 109 cm³/mol. The lowest BCUT2D eigenvalue weighted by atomic mass is 9.88. The fourth-order valence-electron chi connectivity index (χ4n) is 4.88. The Balaban J connectivity index is 1.49. The van der Waals surface area contributed by atoms with E-state index < -0.39 is 0 Å². The van der Waals surface area contributed by atoms with Crippen molar-refractivity contribution >= 4 is 11.9 Å². The van der Waals surface area contributed by atoms with Crippen molar-refractivity contribution in [1.82, 2.24) is 19.7 Å². The summed E-state index contributed by atoms with van der Waals surface area (Å²) in [6.07, 6.45) is 4.85. The highest BCUT2D eigenvalue weighted by molar-refractivity contribution is 5.96. The molecule has 5 rings (SSSR count). The van der Waals surface area contributed by atoms with Gasteiger partial charge in [0.2, 0.25) is 0 Å². The number of fused-ring (bicyclic) bond motifs is 1. The van der Waals surface area contributed by atoms with Gasteiger partial charge in [0.15, 0.2) is 0 Å². The molecular formula is C22H24N4O3. The van der Waals surface area contributed by atoms with Gasteiger partial charge < -0.3 is 15.1 Å². The molecule has 7 nitrogen and oxygen atoms in total. The second kappa shape index (κ2) is 6.20. The van der Waals surface area contributed by atoms with E-state index in [2.05, 4.69) is 11.4 Å². The molecule has 150 valence electrons. The molecular weight excluding hydrogens is 368 g/mol. The number of amides is 3. The maximum atomic E-state index is 13.3. The number of nitrogens with one attached hydrogen (secondary N) is 1. The Morgan fingerprint density at radius 2 is 1.93 bits per heavy atom. The number of likely N-dealkylation sites (tertiary alicyclic amines) is 1. The molecule has 3 aliphatic rings. The minimum atomic E-state index is -0.352. The van der Waals surface area contributed by atoms with E-state index in [-0.39, 0.29) is 28.6 Å². The molecule has 3 heterocycles. The maximum absolute atomic E-state index is 13.3. The number of pyridine rings is 1. The van der Waals surface area contributed by atoms with Crippen LogP contribution in [0.3, 0.4) is 0 Å². The van der Waals surface area contributed by atoms with Gasteiger partial charge >= 0.3 is 6.03 Å². The number of likely N-dealkylation sites (N-methyl/N-ethyl adjacent to an activating group) is 1. The topological polar surface area (TPSA) is 74.6 Å². The highest BCUT2D eigenvalue weighted by Crippen LogP contribution is 2.31. The third-order valence-electron chi connectivity index (χ3n) is 6.74. The first-order valence-corrected chi connectivity index (χ1v) is 10.1. The monoisotopic (exact) mass is 392 g/mol. The molecule has 1 spiro atoms. The number of carbonyl (C=O) groups excluding carboxylic acids is 2. The molecule has 2 aliphatic heterocycles. The zero-order valence-corrected chi connectivity index (χ0v) is 16.7. The van der Waals surface area contributed by atoms with Crippen LogP contribution in [0, 0.1) is 6.92 Å². The van der Waals surface area contributed by atoms with Gasteiger partial charge in [-0.1, -0.05) is 12.1 Å². The minimum Gasteiger partial charge on any atom is -0.335 e. The van der Waals surface area contributed by atoms with Crippen LogP contribution in [0.15, 0.2) is 35.3 Å². The lowest BCUT2D eigenvalue weighted by Crippen LogP contribution is -2.70. The SMILES string of the molecule is Cc1ccn(-c2cccc3c2CCC3)c(=O)c1C(=O)N1CC2(CNC(=O)N2C)C1. The highest BCUT2D eigenvalue weighted by Gasteiger charge is 2.53. The first-order valence-electron chi connectivity index (χ1n) is 10.1. The maximum Gasteiger partial charge on any atom is 0.317 e. The van der Waals surface area contributed by atoms with E-state index >= 15 is 0 Å². The third-order valence-corrected chi connectivity index (χ3v) is 6.74. The molecule has 0 radical (unpaired) electrons. The number of urea groups is 1. The number of hydrogen-bond donors (Lipinski definition) is 1. The molecule has 0 atom stereocenters. The summed E-state index contributed by atoms with van der Waals surface area (Å²) < 4.78 is 1.62. The molecule has 0 unspecified atom stereocenters. The number of aryl methyl sites for hydroxylation is 2. The summed E-state index contributed by atoms with van der Waals surface area (Å²) in [6, 6.07) is 7.77. The van der Waals surface area contributed by atoms with Crippen LogP contribution in [-0.4, -0.2) is 58.5 Å². The zero-order valence-electron chi connectivity index (χ0n) is 16.7. The zero-order chi connectivity index (χ0) is 20.3. The van der Waals surface area contributed by atoms with Crippen LogP contribution in [0.1, 0.15) is 33.5 Å². The van der Waals surface area contributed by atoms with Gasteiger partial charge in [-0.25, -0.2) is 4.79 Å². The summed E-state index contributed by atoms with van der Waals surface area (Å²) >= 11 is 0. The van der Waals surface area contributed by atoms with E-state index in [1.807, 2.05) is 18.2 Å². The van der Waals surface area contributed by atoms with Crippen molar-refractivity contribution in [3.8, 4) is 5.69 Å². The first-order chi connectivity index (χ1) is 13.9. The molecule has 29 heavy (non-hydrogen) atoms. The fraction of sp³-hybridized carbons (Fsp3) is 0.409. The summed E-state index contributed by atoms with van der Waals surface area (Å²) in [4.78, 5) is 41.7. The molecule has 0 bridgehead atoms. The molecule has 2 saturated heterocycles. The summed E-state index contributed by atoms with van der Waals surface area (Å²) in [5.41, 5.74) is 3.64. The highest BCUT2D eigenvalue weighted by atomic mass is 16.2. The molecule has 2 fully saturated rings. The van der Waals surface area contributed by atoms with Gasteiger partial charge in [-0.3, -0.25) is 14.2 Å². The van der Waals surface area contributed by atoms with Crippen LogP contribution < -0.4 is 10.9 Å². The van der Waals surface area contributed by atoms with Crippen LogP contribution >= 0.6 is 0 Å². The smallest absolute Gasteiger partial charge is 0.317 e. The molecule has 1 aromatic carbocycles. The molecule has 1 aliphatic carbocycles. The minimum absolute atomic E-state index is 0.117. The molecule has 0 saturated carbocycles. The lowest BCUT2D eigenvalue weighted by Gasteiger charge is -2.50. The fourth-order valence-corrected chi connectivity index (χ4v) is 4.88. The van der Waals surface area contributed by atoms with E-state index in [4.69, 9.17) is 0 Å². The van der Waals surface area contributed by atoms with Crippen molar-refractivity contribution in [2.75, 3.05) is 26.7 Å². The van der Waals surface area contributed by atoms with Gasteiger partial charge in [-0.2, -0.15) is 0 Å². The number of nitrogens with zero attached hydrogens (tertiary/aromatic N) is 3. The predicted octanol–water partition coefficient (Wildman–Crippen LogP) is 1.48. The Morgan fingerprint density at radius 1 is 1.14 bits per heavy atom. The van der Waals surface area contributed by atoms with Crippen molar-refractivity contribution < 1.29 is 9.59 Å². The average molecular weight is 392 g/mol. The van der Waals surface area contributed by atoms with E-state index in [9.17, 15) is 14.4 Å². The quantitative estimate of drug-likeness (QED) is 0.841. The summed E-state index contributed by atoms with van der Waals surface area (Å²) in [6.45, 7) is 3.21.